The molecule has 20 heavy (non-hydrogen) atoms. The van der Waals surface area contributed by atoms with Gasteiger partial charge in [-0.1, -0.05) is 12.5 Å². The van der Waals surface area contributed by atoms with Crippen LogP contribution in [0.4, 0.5) is 0 Å². The van der Waals surface area contributed by atoms with Gasteiger partial charge in [-0.15, -0.1) is 0 Å². The van der Waals surface area contributed by atoms with Crippen molar-refractivity contribution in [3.05, 3.63) is 29.8 Å². The molecule has 1 aromatic carbocycles. The Balaban J connectivity index is 2.41. The number of phenolic OH excluding ortho intramolecular Hbond substituents is 1. The van der Waals surface area contributed by atoms with E-state index >= 15 is 0 Å². The predicted octanol–water partition coefficient (Wildman–Crippen LogP) is 1.66. The third-order valence-electron chi connectivity index (χ3n) is 2.81. The molecule has 0 aliphatic carbocycles. The number of carbonyl (C=O) groups is 1. The minimum absolute atomic E-state index is 0.0778. The molecule has 0 saturated carbocycles. The van der Waals surface area contributed by atoms with Crippen LogP contribution in [0.25, 0.3) is 6.08 Å². The monoisotopic (exact) mass is 278 g/mol. The van der Waals surface area contributed by atoms with Gasteiger partial charge < -0.3 is 20.9 Å². The molecule has 1 rings (SSSR count). The Morgan fingerprint density at radius 1 is 1.40 bits per heavy atom. The van der Waals surface area contributed by atoms with Crippen LogP contribution in [0.15, 0.2) is 24.3 Å². The number of methoxy groups -OCH3 is 1. The first-order chi connectivity index (χ1) is 9.67. The second-order valence-corrected chi connectivity index (χ2v) is 4.40. The van der Waals surface area contributed by atoms with Crippen molar-refractivity contribution in [3.63, 3.8) is 0 Å². The number of aromatic hydroxyl groups is 1. The van der Waals surface area contributed by atoms with E-state index in [0.29, 0.717) is 18.8 Å². The first-order valence-electron chi connectivity index (χ1n) is 6.70. The molecule has 5 heteroatoms. The molecule has 0 spiro atoms. The average Bonchev–Trinajstić information content (AvgIpc) is 2.46. The molecule has 0 aliphatic rings. The average molecular weight is 278 g/mol. The van der Waals surface area contributed by atoms with E-state index in [2.05, 4.69) is 5.32 Å². The Morgan fingerprint density at radius 3 is 2.90 bits per heavy atom. The molecule has 4 N–H and O–H groups in total. The topological polar surface area (TPSA) is 84.6 Å². The van der Waals surface area contributed by atoms with Crippen LogP contribution in [0, 0.1) is 0 Å². The molecule has 0 radical (unpaired) electrons. The van der Waals surface area contributed by atoms with Gasteiger partial charge in [-0.25, -0.2) is 0 Å². The maximum absolute atomic E-state index is 11.6. The van der Waals surface area contributed by atoms with Crippen LogP contribution in [0.2, 0.25) is 0 Å². The van der Waals surface area contributed by atoms with Gasteiger partial charge >= 0.3 is 0 Å². The highest BCUT2D eigenvalue weighted by Crippen LogP contribution is 2.26. The van der Waals surface area contributed by atoms with Gasteiger partial charge in [0.05, 0.1) is 7.11 Å². The normalized spacial score (nSPS) is 10.7. The van der Waals surface area contributed by atoms with Crippen molar-refractivity contribution in [2.75, 3.05) is 20.2 Å². The lowest BCUT2D eigenvalue weighted by atomic mass is 10.2. The summed E-state index contributed by atoms with van der Waals surface area (Å²) >= 11 is 0. The van der Waals surface area contributed by atoms with Gasteiger partial charge in [-0.2, -0.15) is 0 Å². The number of rotatable bonds is 8. The lowest BCUT2D eigenvalue weighted by Gasteiger charge is -2.04. The lowest BCUT2D eigenvalue weighted by molar-refractivity contribution is -0.116. The van der Waals surface area contributed by atoms with E-state index in [0.717, 1.165) is 24.8 Å². The van der Waals surface area contributed by atoms with Gasteiger partial charge in [-0.3, -0.25) is 4.79 Å². The predicted molar refractivity (Wildman–Crippen MR) is 79.6 cm³/mol. The maximum atomic E-state index is 11.6. The summed E-state index contributed by atoms with van der Waals surface area (Å²) in [4.78, 5) is 11.6. The molecule has 0 bridgehead atoms. The third kappa shape index (κ3) is 5.75. The van der Waals surface area contributed by atoms with Crippen molar-refractivity contribution in [2.45, 2.75) is 19.3 Å². The molecular formula is C15H22N2O3. The molecule has 1 amide bonds. The van der Waals surface area contributed by atoms with E-state index in [4.69, 9.17) is 10.5 Å². The number of nitrogens with one attached hydrogen (secondary N) is 1. The number of hydrogen-bond acceptors (Lipinski definition) is 4. The van der Waals surface area contributed by atoms with Crippen molar-refractivity contribution in [1.29, 1.82) is 0 Å². The van der Waals surface area contributed by atoms with E-state index in [-0.39, 0.29) is 11.7 Å². The van der Waals surface area contributed by atoms with Gasteiger partial charge in [0.1, 0.15) is 0 Å². The van der Waals surface area contributed by atoms with Crippen LogP contribution in [0.1, 0.15) is 24.8 Å². The number of amides is 1. The van der Waals surface area contributed by atoms with Gasteiger partial charge in [0.2, 0.25) is 5.91 Å². The molecule has 0 saturated heterocycles. The van der Waals surface area contributed by atoms with E-state index in [1.54, 1.807) is 18.2 Å². The first kappa shape index (κ1) is 16.0. The molecule has 0 aromatic heterocycles. The van der Waals surface area contributed by atoms with Crippen molar-refractivity contribution in [1.82, 2.24) is 5.32 Å². The minimum atomic E-state index is -0.134. The van der Waals surface area contributed by atoms with E-state index in [1.807, 2.05) is 0 Å². The van der Waals surface area contributed by atoms with Crippen LogP contribution >= 0.6 is 0 Å². The zero-order valence-corrected chi connectivity index (χ0v) is 11.8. The van der Waals surface area contributed by atoms with Gasteiger partial charge in [0.15, 0.2) is 11.5 Å². The minimum Gasteiger partial charge on any atom is -0.504 e. The van der Waals surface area contributed by atoms with Crippen LogP contribution < -0.4 is 15.8 Å². The fourth-order valence-electron chi connectivity index (χ4n) is 1.69. The Bertz CT molecular complexity index is 458. The highest BCUT2D eigenvalue weighted by atomic mass is 16.5. The summed E-state index contributed by atoms with van der Waals surface area (Å²) in [5, 5.41) is 12.3. The summed E-state index contributed by atoms with van der Waals surface area (Å²) in [5.74, 6) is 0.327. The summed E-state index contributed by atoms with van der Waals surface area (Å²) in [6.07, 6.45) is 6.09. The second kappa shape index (κ2) is 8.98. The molecule has 110 valence electrons. The molecule has 1 aromatic rings. The fraction of sp³-hybridized carbons (Fsp3) is 0.400. The number of ether oxygens (including phenoxy) is 1. The number of phenols is 1. The number of hydrogen-bond donors (Lipinski definition) is 3. The van der Waals surface area contributed by atoms with Gasteiger partial charge in [0.25, 0.3) is 0 Å². The van der Waals surface area contributed by atoms with Crippen LogP contribution in [0.3, 0.4) is 0 Å². The smallest absolute Gasteiger partial charge is 0.243 e. The number of benzene rings is 1. The Kier molecular flexibility index (Phi) is 7.21. The Hall–Kier alpha value is -2.01. The van der Waals surface area contributed by atoms with Gasteiger partial charge in [0, 0.05) is 12.6 Å². The van der Waals surface area contributed by atoms with E-state index in [9.17, 15) is 9.90 Å². The number of unbranched alkanes of at least 4 members (excludes halogenated alkanes) is 2. The summed E-state index contributed by atoms with van der Waals surface area (Å²) in [7, 11) is 1.48. The van der Waals surface area contributed by atoms with Crippen molar-refractivity contribution >= 4 is 12.0 Å². The second-order valence-electron chi connectivity index (χ2n) is 4.40. The maximum Gasteiger partial charge on any atom is 0.243 e. The van der Waals surface area contributed by atoms with Crippen molar-refractivity contribution < 1.29 is 14.6 Å². The van der Waals surface area contributed by atoms with Crippen molar-refractivity contribution in [3.8, 4) is 11.5 Å². The van der Waals surface area contributed by atoms with Crippen LogP contribution in [-0.2, 0) is 4.79 Å². The van der Waals surface area contributed by atoms with Crippen LogP contribution in [-0.4, -0.2) is 31.2 Å². The van der Waals surface area contributed by atoms with E-state index < -0.39 is 0 Å². The summed E-state index contributed by atoms with van der Waals surface area (Å²) in [6, 6.07) is 4.91. The molecular weight excluding hydrogens is 256 g/mol. The zero-order valence-electron chi connectivity index (χ0n) is 11.8. The number of nitrogens with two attached hydrogens (primary N) is 1. The highest BCUT2D eigenvalue weighted by molar-refractivity contribution is 5.91. The van der Waals surface area contributed by atoms with Crippen molar-refractivity contribution in [2.24, 2.45) is 5.73 Å². The van der Waals surface area contributed by atoms with Gasteiger partial charge in [-0.05, 0) is 43.2 Å². The molecule has 0 fully saturated rings. The summed E-state index contributed by atoms with van der Waals surface area (Å²) < 4.78 is 5.00. The quantitative estimate of drug-likeness (QED) is 0.499. The van der Waals surface area contributed by atoms with Crippen LogP contribution in [0.5, 0.6) is 11.5 Å². The number of carbonyl (C=O) groups excluding carboxylic acids is 1. The van der Waals surface area contributed by atoms with E-state index in [1.165, 1.54) is 19.3 Å². The molecule has 0 heterocycles. The molecule has 5 nitrogen and oxygen atoms in total. The Labute approximate surface area is 119 Å². The standard InChI is InChI=1S/C15H22N2O3/c1-20-14-11-12(5-7-13(14)18)6-8-15(19)17-10-4-2-3-9-16/h5-8,11,18H,2-4,9-10,16H2,1H3,(H,17,19). The molecule has 0 aliphatic heterocycles. The molecule has 0 unspecified atom stereocenters. The molecule has 0 atom stereocenters. The summed E-state index contributed by atoms with van der Waals surface area (Å²) in [6.45, 7) is 1.35. The Morgan fingerprint density at radius 2 is 2.20 bits per heavy atom. The highest BCUT2D eigenvalue weighted by Gasteiger charge is 2.01. The fourth-order valence-corrected chi connectivity index (χ4v) is 1.69. The summed E-state index contributed by atoms with van der Waals surface area (Å²) in [5.41, 5.74) is 6.18. The lowest BCUT2D eigenvalue weighted by Crippen LogP contribution is -2.22. The SMILES string of the molecule is COc1cc(C=CC(=O)NCCCCCN)ccc1O. The largest absolute Gasteiger partial charge is 0.504 e. The third-order valence-corrected chi connectivity index (χ3v) is 2.81. The first-order valence-corrected chi connectivity index (χ1v) is 6.70. The zero-order chi connectivity index (χ0) is 14.8.